The van der Waals surface area contributed by atoms with E-state index in [1.165, 1.54) is 11.1 Å². The van der Waals surface area contributed by atoms with E-state index in [9.17, 15) is 4.79 Å². The Balaban J connectivity index is 2.17. The molecule has 1 aromatic carbocycles. The summed E-state index contributed by atoms with van der Waals surface area (Å²) >= 11 is 0. The number of carboxylic acid groups (broad SMARTS) is 1. The lowest BCUT2D eigenvalue weighted by Gasteiger charge is -2.07. The van der Waals surface area contributed by atoms with Crippen molar-refractivity contribution in [1.29, 1.82) is 0 Å². The van der Waals surface area contributed by atoms with Crippen molar-refractivity contribution >= 4 is 5.97 Å². The Hall–Kier alpha value is -1.35. The topological polar surface area (TPSA) is 49.3 Å². The van der Waals surface area contributed by atoms with Crippen LogP contribution in [0.4, 0.5) is 0 Å². The molecule has 0 aliphatic heterocycles. The van der Waals surface area contributed by atoms with Gasteiger partial charge in [0.05, 0.1) is 0 Å². The molecule has 0 heterocycles. The summed E-state index contributed by atoms with van der Waals surface area (Å²) in [5.41, 5.74) is 2.73. The predicted molar refractivity (Wildman–Crippen MR) is 78.4 cm³/mol. The molecule has 0 atom stereocenters. The third-order valence-electron chi connectivity index (χ3n) is 3.00. The van der Waals surface area contributed by atoms with Gasteiger partial charge in [0.2, 0.25) is 0 Å². The largest absolute Gasteiger partial charge is 0.481 e. The molecule has 0 aromatic heterocycles. The summed E-state index contributed by atoms with van der Waals surface area (Å²) < 4.78 is 0. The third kappa shape index (κ3) is 7.62. The zero-order valence-corrected chi connectivity index (χ0v) is 12.0. The highest BCUT2D eigenvalue weighted by atomic mass is 16.4. The lowest BCUT2D eigenvalue weighted by molar-refractivity contribution is -0.137. The van der Waals surface area contributed by atoms with Gasteiger partial charge in [0, 0.05) is 6.42 Å². The maximum atomic E-state index is 10.3. The molecule has 2 N–H and O–H groups in total. The summed E-state index contributed by atoms with van der Waals surface area (Å²) in [6.07, 6.45) is 3.07. The van der Waals surface area contributed by atoms with Crippen LogP contribution in [0.5, 0.6) is 0 Å². The van der Waals surface area contributed by atoms with E-state index in [1.807, 2.05) is 0 Å². The van der Waals surface area contributed by atoms with Crippen molar-refractivity contribution in [1.82, 2.24) is 5.32 Å². The number of carbonyl (C=O) groups is 1. The van der Waals surface area contributed by atoms with Crippen LogP contribution in [0, 0.1) is 5.92 Å². The lowest BCUT2D eigenvalue weighted by Crippen LogP contribution is -2.19. The third-order valence-corrected chi connectivity index (χ3v) is 3.00. The van der Waals surface area contributed by atoms with Gasteiger partial charge in [0.15, 0.2) is 0 Å². The Morgan fingerprint density at radius 2 is 1.79 bits per heavy atom. The minimum atomic E-state index is -0.720. The number of aliphatic carboxylic acids is 1. The minimum absolute atomic E-state index is 0.247. The molecule has 0 spiro atoms. The zero-order valence-electron chi connectivity index (χ0n) is 12.0. The van der Waals surface area contributed by atoms with Crippen LogP contribution >= 0.6 is 0 Å². The van der Waals surface area contributed by atoms with Crippen LogP contribution in [0.2, 0.25) is 0 Å². The number of rotatable bonds is 9. The Morgan fingerprint density at radius 3 is 2.37 bits per heavy atom. The smallest absolute Gasteiger partial charge is 0.303 e. The van der Waals surface area contributed by atoms with E-state index in [4.69, 9.17) is 5.11 Å². The Morgan fingerprint density at radius 1 is 1.16 bits per heavy atom. The normalized spacial score (nSPS) is 10.9. The number of hydrogen-bond donors (Lipinski definition) is 2. The first kappa shape index (κ1) is 15.7. The second-order valence-electron chi connectivity index (χ2n) is 5.41. The van der Waals surface area contributed by atoms with E-state index < -0.39 is 5.97 Å². The monoisotopic (exact) mass is 263 g/mol. The minimum Gasteiger partial charge on any atom is -0.481 e. The first-order valence-corrected chi connectivity index (χ1v) is 7.08. The van der Waals surface area contributed by atoms with Crippen LogP contribution in [-0.2, 0) is 17.6 Å². The van der Waals surface area contributed by atoms with E-state index in [0.717, 1.165) is 25.9 Å². The average Bonchev–Trinajstić information content (AvgIpc) is 2.34. The van der Waals surface area contributed by atoms with E-state index in [0.29, 0.717) is 12.3 Å². The fraction of sp³-hybridized carbons (Fsp3) is 0.562. The second-order valence-corrected chi connectivity index (χ2v) is 5.41. The Labute approximate surface area is 116 Å². The zero-order chi connectivity index (χ0) is 14.1. The number of nitrogens with one attached hydrogen (secondary N) is 1. The molecule has 19 heavy (non-hydrogen) atoms. The van der Waals surface area contributed by atoms with Gasteiger partial charge in [-0.2, -0.15) is 0 Å². The molecule has 0 unspecified atom stereocenters. The number of hydrogen-bond acceptors (Lipinski definition) is 2. The molecule has 0 saturated heterocycles. The van der Waals surface area contributed by atoms with Crippen LogP contribution in [0.1, 0.15) is 37.8 Å². The number of carboxylic acids is 1. The molecule has 0 saturated carbocycles. The van der Waals surface area contributed by atoms with E-state index in [2.05, 4.69) is 43.4 Å². The van der Waals surface area contributed by atoms with Crippen LogP contribution in [-0.4, -0.2) is 24.2 Å². The van der Waals surface area contributed by atoms with Gasteiger partial charge in [-0.25, -0.2) is 0 Å². The van der Waals surface area contributed by atoms with Gasteiger partial charge in [-0.05, 0) is 49.4 Å². The van der Waals surface area contributed by atoms with Crippen LogP contribution in [0.3, 0.4) is 0 Å². The fourth-order valence-corrected chi connectivity index (χ4v) is 2.04. The van der Waals surface area contributed by atoms with Crippen LogP contribution < -0.4 is 5.32 Å². The van der Waals surface area contributed by atoms with Crippen molar-refractivity contribution < 1.29 is 9.90 Å². The molecule has 0 fully saturated rings. The maximum Gasteiger partial charge on any atom is 0.303 e. The quantitative estimate of drug-likeness (QED) is 0.674. The molecule has 0 radical (unpaired) electrons. The average molecular weight is 263 g/mol. The Bertz CT molecular complexity index is 371. The van der Waals surface area contributed by atoms with E-state index in [1.54, 1.807) is 0 Å². The van der Waals surface area contributed by atoms with Crippen LogP contribution in [0.25, 0.3) is 0 Å². The Kier molecular flexibility index (Phi) is 7.19. The van der Waals surface area contributed by atoms with Crippen molar-refractivity contribution in [2.24, 2.45) is 5.92 Å². The highest BCUT2D eigenvalue weighted by Crippen LogP contribution is 2.09. The molecule has 0 aliphatic rings. The molecule has 3 heteroatoms. The maximum absolute atomic E-state index is 10.3. The first-order chi connectivity index (χ1) is 9.08. The summed E-state index contributed by atoms with van der Waals surface area (Å²) in [6, 6.07) is 8.80. The van der Waals surface area contributed by atoms with Gasteiger partial charge in [-0.15, -0.1) is 0 Å². The summed E-state index contributed by atoms with van der Waals surface area (Å²) in [7, 11) is 0. The van der Waals surface area contributed by atoms with Gasteiger partial charge in [0.25, 0.3) is 0 Å². The van der Waals surface area contributed by atoms with Gasteiger partial charge < -0.3 is 10.4 Å². The summed E-state index contributed by atoms with van der Waals surface area (Å²) in [5, 5.41) is 11.8. The fourth-order valence-electron chi connectivity index (χ4n) is 2.04. The molecule has 3 nitrogen and oxygen atoms in total. The van der Waals surface area contributed by atoms with Crippen molar-refractivity contribution in [2.75, 3.05) is 13.1 Å². The van der Waals surface area contributed by atoms with E-state index in [-0.39, 0.29) is 6.42 Å². The lowest BCUT2D eigenvalue weighted by atomic mass is 10.0. The second kappa shape index (κ2) is 8.70. The SMILES string of the molecule is CC(C)Cc1ccc(CCNCCCC(=O)O)cc1. The van der Waals surface area contributed by atoms with E-state index >= 15 is 0 Å². The van der Waals surface area contributed by atoms with Crippen molar-refractivity contribution in [2.45, 2.75) is 39.5 Å². The molecule has 0 amide bonds. The van der Waals surface area contributed by atoms with Gasteiger partial charge >= 0.3 is 5.97 Å². The molecule has 106 valence electrons. The van der Waals surface area contributed by atoms with Gasteiger partial charge in [-0.3, -0.25) is 4.79 Å². The standard InChI is InChI=1S/C16H25NO2/c1-13(2)12-15-7-5-14(6-8-15)9-11-17-10-3-4-16(18)19/h5-8,13,17H,3-4,9-12H2,1-2H3,(H,18,19). The summed E-state index contributed by atoms with van der Waals surface area (Å²) in [5.74, 6) is -0.0238. The highest BCUT2D eigenvalue weighted by molar-refractivity contribution is 5.66. The molecule has 0 bridgehead atoms. The molecular formula is C16H25NO2. The van der Waals surface area contributed by atoms with Gasteiger partial charge in [-0.1, -0.05) is 38.1 Å². The molecular weight excluding hydrogens is 238 g/mol. The summed E-state index contributed by atoms with van der Waals surface area (Å²) in [4.78, 5) is 10.3. The van der Waals surface area contributed by atoms with Crippen molar-refractivity contribution in [3.63, 3.8) is 0 Å². The summed E-state index contributed by atoms with van der Waals surface area (Å²) in [6.45, 7) is 6.14. The molecule has 0 aliphatic carbocycles. The number of benzene rings is 1. The van der Waals surface area contributed by atoms with Gasteiger partial charge in [0.1, 0.15) is 0 Å². The van der Waals surface area contributed by atoms with Crippen molar-refractivity contribution in [3.05, 3.63) is 35.4 Å². The predicted octanol–water partition coefficient (Wildman–Crippen LogP) is 2.88. The molecule has 1 rings (SSSR count). The first-order valence-electron chi connectivity index (χ1n) is 7.08. The molecule has 1 aromatic rings. The van der Waals surface area contributed by atoms with Crippen LogP contribution in [0.15, 0.2) is 24.3 Å². The van der Waals surface area contributed by atoms with Crippen molar-refractivity contribution in [3.8, 4) is 0 Å². The highest BCUT2D eigenvalue weighted by Gasteiger charge is 1.99.